The van der Waals surface area contributed by atoms with E-state index in [9.17, 15) is 0 Å². The summed E-state index contributed by atoms with van der Waals surface area (Å²) in [5.41, 5.74) is 7.71. The molecule has 1 saturated carbocycles. The molecule has 1 aliphatic rings. The molecule has 3 heteroatoms. The molecule has 1 fully saturated rings. The molecule has 0 bridgehead atoms. The number of aromatic nitrogens is 1. The second-order valence-corrected chi connectivity index (χ2v) is 6.13. The summed E-state index contributed by atoms with van der Waals surface area (Å²) in [5.74, 6) is 0. The number of hydrogen-bond donors (Lipinski definition) is 3. The van der Waals surface area contributed by atoms with Crippen LogP contribution in [0.25, 0.3) is 0 Å². The van der Waals surface area contributed by atoms with E-state index in [1.165, 1.54) is 25.0 Å². The van der Waals surface area contributed by atoms with Crippen molar-refractivity contribution in [3.8, 4) is 0 Å². The lowest BCUT2D eigenvalue weighted by atomic mass is 9.68. The molecule has 1 aromatic rings. The summed E-state index contributed by atoms with van der Waals surface area (Å²) >= 11 is 0. The quantitative estimate of drug-likeness (QED) is 0.706. The van der Waals surface area contributed by atoms with E-state index in [0.717, 1.165) is 19.6 Å². The molecule has 2 rings (SSSR count). The van der Waals surface area contributed by atoms with Gasteiger partial charge in [0.05, 0.1) is 0 Å². The summed E-state index contributed by atoms with van der Waals surface area (Å²) in [4.78, 5) is 3.30. The van der Waals surface area contributed by atoms with Crippen molar-refractivity contribution in [2.75, 3.05) is 19.6 Å². The number of aromatic amines is 1. The maximum atomic E-state index is 5.87. The molecule has 0 aromatic carbocycles. The smallest absolute Gasteiger partial charge is 0.0217 e. The molecule has 0 aliphatic heterocycles. The van der Waals surface area contributed by atoms with E-state index >= 15 is 0 Å². The van der Waals surface area contributed by atoms with E-state index in [-0.39, 0.29) is 5.41 Å². The van der Waals surface area contributed by atoms with Crippen LogP contribution in [0.2, 0.25) is 0 Å². The van der Waals surface area contributed by atoms with Gasteiger partial charge in [-0.25, -0.2) is 0 Å². The Morgan fingerprint density at radius 3 is 2.71 bits per heavy atom. The summed E-state index contributed by atoms with van der Waals surface area (Å²) < 4.78 is 0. The Kier molecular flexibility index (Phi) is 3.59. The van der Waals surface area contributed by atoms with Gasteiger partial charge < -0.3 is 16.0 Å². The normalized spacial score (nSPS) is 19.0. The van der Waals surface area contributed by atoms with Gasteiger partial charge in [-0.05, 0) is 36.9 Å². The molecule has 3 nitrogen and oxygen atoms in total. The molecule has 1 heterocycles. The molecule has 17 heavy (non-hydrogen) atoms. The summed E-state index contributed by atoms with van der Waals surface area (Å²) in [7, 11) is 0. The molecular formula is C14H25N3. The fraction of sp³-hybridized carbons (Fsp3) is 0.714. The van der Waals surface area contributed by atoms with Crippen molar-refractivity contribution < 1.29 is 0 Å². The number of H-pyrrole nitrogens is 1. The molecule has 0 unspecified atom stereocenters. The van der Waals surface area contributed by atoms with Crippen LogP contribution < -0.4 is 11.1 Å². The SMILES string of the molecule is CC(C)(CNCC1(CN)CCC1)c1ccc[nH]1. The van der Waals surface area contributed by atoms with Gasteiger partial charge in [-0.3, -0.25) is 0 Å². The first-order valence-corrected chi connectivity index (χ1v) is 6.63. The maximum absolute atomic E-state index is 5.87. The first-order chi connectivity index (χ1) is 8.08. The number of nitrogens with two attached hydrogens (primary N) is 1. The molecule has 1 aromatic heterocycles. The first kappa shape index (κ1) is 12.7. The largest absolute Gasteiger partial charge is 0.365 e. The van der Waals surface area contributed by atoms with Crippen LogP contribution in [0.3, 0.4) is 0 Å². The number of rotatable bonds is 6. The van der Waals surface area contributed by atoms with E-state index in [1.807, 2.05) is 6.20 Å². The van der Waals surface area contributed by atoms with Crippen LogP contribution in [0.5, 0.6) is 0 Å². The monoisotopic (exact) mass is 235 g/mol. The lowest BCUT2D eigenvalue weighted by Crippen LogP contribution is -2.47. The van der Waals surface area contributed by atoms with E-state index in [4.69, 9.17) is 5.73 Å². The Balaban J connectivity index is 1.82. The zero-order valence-corrected chi connectivity index (χ0v) is 11.1. The molecule has 0 saturated heterocycles. The second kappa shape index (κ2) is 4.83. The van der Waals surface area contributed by atoms with Gasteiger partial charge in [-0.1, -0.05) is 20.3 Å². The van der Waals surface area contributed by atoms with Crippen molar-refractivity contribution in [2.45, 2.75) is 38.5 Å². The van der Waals surface area contributed by atoms with Gasteiger partial charge in [0, 0.05) is 30.4 Å². The minimum Gasteiger partial charge on any atom is -0.365 e. The molecule has 96 valence electrons. The first-order valence-electron chi connectivity index (χ1n) is 6.63. The van der Waals surface area contributed by atoms with Crippen molar-refractivity contribution in [1.82, 2.24) is 10.3 Å². The minimum atomic E-state index is 0.156. The fourth-order valence-corrected chi connectivity index (χ4v) is 2.62. The highest BCUT2D eigenvalue weighted by molar-refractivity contribution is 5.15. The Hall–Kier alpha value is -0.800. The molecule has 0 amide bonds. The number of hydrogen-bond acceptors (Lipinski definition) is 2. The van der Waals surface area contributed by atoms with Gasteiger partial charge in [0.25, 0.3) is 0 Å². The summed E-state index contributed by atoms with van der Waals surface area (Å²) in [6, 6.07) is 4.22. The zero-order valence-electron chi connectivity index (χ0n) is 11.1. The van der Waals surface area contributed by atoms with Crippen LogP contribution in [0.1, 0.15) is 38.8 Å². The van der Waals surface area contributed by atoms with Crippen molar-refractivity contribution in [3.05, 3.63) is 24.0 Å². The zero-order chi connectivity index (χ0) is 12.4. The van der Waals surface area contributed by atoms with Crippen molar-refractivity contribution >= 4 is 0 Å². The van der Waals surface area contributed by atoms with Crippen LogP contribution in [-0.4, -0.2) is 24.6 Å². The predicted octanol–water partition coefficient (Wildman–Crippen LogP) is 2.01. The third-order valence-corrected chi connectivity index (χ3v) is 4.24. The fourth-order valence-electron chi connectivity index (χ4n) is 2.62. The molecule has 1 aliphatic carbocycles. The van der Waals surface area contributed by atoms with Crippen LogP contribution in [-0.2, 0) is 5.41 Å². The van der Waals surface area contributed by atoms with Gasteiger partial charge >= 0.3 is 0 Å². The second-order valence-electron chi connectivity index (χ2n) is 6.13. The summed E-state index contributed by atoms with van der Waals surface area (Å²) in [6.07, 6.45) is 5.92. The predicted molar refractivity (Wildman–Crippen MR) is 72.0 cm³/mol. The highest BCUT2D eigenvalue weighted by atomic mass is 14.9. The Morgan fingerprint density at radius 1 is 1.47 bits per heavy atom. The molecule has 4 N–H and O–H groups in total. The van der Waals surface area contributed by atoms with Crippen molar-refractivity contribution in [1.29, 1.82) is 0 Å². The highest BCUT2D eigenvalue weighted by Gasteiger charge is 2.35. The molecular weight excluding hydrogens is 210 g/mol. The summed E-state index contributed by atoms with van der Waals surface area (Å²) in [5, 5.41) is 3.61. The van der Waals surface area contributed by atoms with Crippen LogP contribution in [0, 0.1) is 5.41 Å². The standard InChI is InChI=1S/C14H25N3/c1-13(2,12-5-3-8-17-12)10-16-11-14(9-15)6-4-7-14/h3,5,8,16-17H,4,6-7,9-11,15H2,1-2H3. The molecule has 0 spiro atoms. The lowest BCUT2D eigenvalue weighted by molar-refractivity contribution is 0.138. The Bertz CT molecular complexity index is 331. The van der Waals surface area contributed by atoms with Crippen molar-refractivity contribution in [3.63, 3.8) is 0 Å². The molecule has 0 atom stereocenters. The molecule has 0 radical (unpaired) electrons. The van der Waals surface area contributed by atoms with E-state index in [1.54, 1.807) is 0 Å². The van der Waals surface area contributed by atoms with Crippen molar-refractivity contribution in [2.24, 2.45) is 11.1 Å². The summed E-state index contributed by atoms with van der Waals surface area (Å²) in [6.45, 7) is 7.41. The average Bonchev–Trinajstić information content (AvgIpc) is 2.76. The third-order valence-electron chi connectivity index (χ3n) is 4.24. The van der Waals surface area contributed by atoms with Gasteiger partial charge in [-0.15, -0.1) is 0 Å². The highest BCUT2D eigenvalue weighted by Crippen LogP contribution is 2.39. The third kappa shape index (κ3) is 2.72. The van der Waals surface area contributed by atoms with Gasteiger partial charge in [-0.2, -0.15) is 0 Å². The van der Waals surface area contributed by atoms with Gasteiger partial charge in [0.15, 0.2) is 0 Å². The Morgan fingerprint density at radius 2 is 2.24 bits per heavy atom. The van der Waals surface area contributed by atoms with Gasteiger partial charge in [0.1, 0.15) is 0 Å². The lowest BCUT2D eigenvalue weighted by Gasteiger charge is -2.42. The topological polar surface area (TPSA) is 53.8 Å². The maximum Gasteiger partial charge on any atom is 0.0217 e. The minimum absolute atomic E-state index is 0.156. The average molecular weight is 235 g/mol. The van der Waals surface area contributed by atoms with E-state index < -0.39 is 0 Å². The van der Waals surface area contributed by atoms with Crippen LogP contribution in [0.15, 0.2) is 18.3 Å². The van der Waals surface area contributed by atoms with E-state index in [0.29, 0.717) is 5.41 Å². The Labute approximate surface area is 104 Å². The van der Waals surface area contributed by atoms with Crippen LogP contribution in [0.4, 0.5) is 0 Å². The van der Waals surface area contributed by atoms with E-state index in [2.05, 4.69) is 36.3 Å². The number of nitrogens with one attached hydrogen (secondary N) is 2. The van der Waals surface area contributed by atoms with Crippen LogP contribution >= 0.6 is 0 Å². The van der Waals surface area contributed by atoms with Gasteiger partial charge in [0.2, 0.25) is 0 Å².